The van der Waals surface area contributed by atoms with Gasteiger partial charge in [-0.05, 0) is 45.2 Å². The molecule has 0 N–H and O–H groups in total. The van der Waals surface area contributed by atoms with E-state index in [1.54, 1.807) is 13.8 Å². The van der Waals surface area contributed by atoms with Gasteiger partial charge in [0.15, 0.2) is 5.76 Å². The first-order chi connectivity index (χ1) is 12.0. The molecule has 6 heteroatoms. The fourth-order valence-electron chi connectivity index (χ4n) is 2.93. The monoisotopic (exact) mass is 362 g/mol. The number of amides is 1. The van der Waals surface area contributed by atoms with E-state index in [0.717, 1.165) is 37.2 Å². The van der Waals surface area contributed by atoms with Crippen LogP contribution in [0.15, 0.2) is 34.9 Å². The summed E-state index contributed by atoms with van der Waals surface area (Å²) in [6.07, 6.45) is 3.32. The van der Waals surface area contributed by atoms with Gasteiger partial charge in [-0.25, -0.2) is 0 Å². The van der Waals surface area contributed by atoms with E-state index < -0.39 is 5.60 Å². The summed E-state index contributed by atoms with van der Waals surface area (Å²) in [5, 5.41) is 4.73. The maximum atomic E-state index is 12.6. The van der Waals surface area contributed by atoms with Gasteiger partial charge in [0, 0.05) is 29.7 Å². The molecule has 25 heavy (non-hydrogen) atoms. The molecule has 0 saturated carbocycles. The summed E-state index contributed by atoms with van der Waals surface area (Å²) in [5.74, 6) is 0.620. The van der Waals surface area contributed by atoms with E-state index in [4.69, 9.17) is 20.9 Å². The summed E-state index contributed by atoms with van der Waals surface area (Å²) < 4.78 is 11.2. The zero-order valence-corrected chi connectivity index (χ0v) is 15.4. The molecular weight excluding hydrogens is 340 g/mol. The first kappa shape index (κ1) is 18.0. The molecule has 5 nitrogen and oxygen atoms in total. The SMILES string of the molecule is CC(C)(OCc1cc(-c2ccc(Cl)cc2)no1)C(=O)N1CCCCC1. The molecule has 0 bridgehead atoms. The molecule has 0 spiro atoms. The van der Waals surface area contributed by atoms with Crippen molar-refractivity contribution in [3.63, 3.8) is 0 Å². The van der Waals surface area contributed by atoms with Crippen molar-refractivity contribution in [3.05, 3.63) is 41.1 Å². The molecule has 1 aromatic carbocycles. The third-order valence-electron chi connectivity index (χ3n) is 4.43. The second-order valence-electron chi connectivity index (χ2n) is 6.84. The van der Waals surface area contributed by atoms with Crippen molar-refractivity contribution in [1.29, 1.82) is 0 Å². The van der Waals surface area contributed by atoms with Crippen molar-refractivity contribution in [2.45, 2.75) is 45.3 Å². The summed E-state index contributed by atoms with van der Waals surface area (Å²) in [6, 6.07) is 9.21. The van der Waals surface area contributed by atoms with Crippen LogP contribution in [0.2, 0.25) is 5.02 Å². The van der Waals surface area contributed by atoms with Gasteiger partial charge >= 0.3 is 0 Å². The highest BCUT2D eigenvalue weighted by Crippen LogP contribution is 2.24. The quantitative estimate of drug-likeness (QED) is 0.795. The minimum absolute atomic E-state index is 0.0321. The number of aromatic nitrogens is 1. The fraction of sp³-hybridized carbons (Fsp3) is 0.474. The molecule has 2 heterocycles. The highest BCUT2D eigenvalue weighted by Gasteiger charge is 2.33. The second kappa shape index (κ2) is 7.58. The number of hydrogen-bond acceptors (Lipinski definition) is 4. The predicted octanol–water partition coefficient (Wildman–Crippen LogP) is 4.30. The standard InChI is InChI=1S/C19H23ClN2O3/c1-19(2,18(23)22-10-4-3-5-11-22)24-13-16-12-17(21-25-16)14-6-8-15(20)9-7-14/h6-9,12H,3-5,10-11,13H2,1-2H3. The molecule has 0 atom stereocenters. The Kier molecular flexibility index (Phi) is 5.45. The maximum absolute atomic E-state index is 12.6. The number of piperidine rings is 1. The van der Waals surface area contributed by atoms with Crippen molar-refractivity contribution < 1.29 is 14.1 Å². The molecule has 1 saturated heterocycles. The lowest BCUT2D eigenvalue weighted by Gasteiger charge is -2.34. The van der Waals surface area contributed by atoms with E-state index in [0.29, 0.717) is 10.8 Å². The van der Waals surface area contributed by atoms with Crippen LogP contribution < -0.4 is 0 Å². The molecular formula is C19H23ClN2O3. The van der Waals surface area contributed by atoms with Gasteiger partial charge in [0.1, 0.15) is 17.9 Å². The molecule has 1 fully saturated rings. The van der Waals surface area contributed by atoms with Crippen LogP contribution in [0.25, 0.3) is 11.3 Å². The Hall–Kier alpha value is -1.85. The molecule has 1 aromatic heterocycles. The lowest BCUT2D eigenvalue weighted by molar-refractivity contribution is -0.157. The smallest absolute Gasteiger partial charge is 0.254 e. The van der Waals surface area contributed by atoms with Crippen molar-refractivity contribution in [1.82, 2.24) is 10.1 Å². The third-order valence-corrected chi connectivity index (χ3v) is 4.68. The topological polar surface area (TPSA) is 55.6 Å². The summed E-state index contributed by atoms with van der Waals surface area (Å²) in [7, 11) is 0. The highest BCUT2D eigenvalue weighted by molar-refractivity contribution is 6.30. The lowest BCUT2D eigenvalue weighted by Crippen LogP contribution is -2.48. The minimum atomic E-state index is -0.884. The first-order valence-electron chi connectivity index (χ1n) is 8.60. The van der Waals surface area contributed by atoms with Crippen LogP contribution in [0, 0.1) is 0 Å². The predicted molar refractivity (Wildman–Crippen MR) is 96.2 cm³/mol. The molecule has 0 radical (unpaired) electrons. The zero-order valence-electron chi connectivity index (χ0n) is 14.6. The van der Waals surface area contributed by atoms with Crippen LogP contribution in [0.5, 0.6) is 0 Å². The van der Waals surface area contributed by atoms with Gasteiger partial charge in [-0.1, -0.05) is 28.9 Å². The Morgan fingerprint density at radius 2 is 1.92 bits per heavy atom. The van der Waals surface area contributed by atoms with E-state index in [1.165, 1.54) is 6.42 Å². The molecule has 0 aliphatic carbocycles. The van der Waals surface area contributed by atoms with Gasteiger partial charge in [-0.2, -0.15) is 0 Å². The average Bonchev–Trinajstić information content (AvgIpc) is 3.10. The summed E-state index contributed by atoms with van der Waals surface area (Å²) in [5.41, 5.74) is 0.753. The summed E-state index contributed by atoms with van der Waals surface area (Å²) in [6.45, 7) is 5.44. The highest BCUT2D eigenvalue weighted by atomic mass is 35.5. The van der Waals surface area contributed by atoms with Gasteiger partial charge in [0.25, 0.3) is 5.91 Å². The molecule has 2 aromatic rings. The van der Waals surface area contributed by atoms with Crippen LogP contribution in [-0.2, 0) is 16.1 Å². The van der Waals surface area contributed by atoms with Crippen molar-refractivity contribution in [2.24, 2.45) is 0 Å². The normalized spacial score (nSPS) is 15.4. The van der Waals surface area contributed by atoms with Crippen molar-refractivity contribution in [2.75, 3.05) is 13.1 Å². The second-order valence-corrected chi connectivity index (χ2v) is 7.27. The largest absolute Gasteiger partial charge is 0.358 e. The van der Waals surface area contributed by atoms with Gasteiger partial charge in [-0.3, -0.25) is 4.79 Å². The fourth-order valence-corrected chi connectivity index (χ4v) is 3.05. The molecule has 134 valence electrons. The van der Waals surface area contributed by atoms with Crippen molar-refractivity contribution >= 4 is 17.5 Å². The van der Waals surface area contributed by atoms with Crippen LogP contribution in [-0.4, -0.2) is 34.7 Å². The zero-order chi connectivity index (χ0) is 17.9. The number of hydrogen-bond donors (Lipinski definition) is 0. The molecule has 1 aliphatic rings. The van der Waals surface area contributed by atoms with E-state index in [9.17, 15) is 4.79 Å². The Balaban J connectivity index is 1.61. The molecule has 1 aliphatic heterocycles. The molecule has 1 amide bonds. The summed E-state index contributed by atoms with van der Waals surface area (Å²) in [4.78, 5) is 14.5. The summed E-state index contributed by atoms with van der Waals surface area (Å²) >= 11 is 5.90. The van der Waals surface area contributed by atoms with Gasteiger partial charge in [0.05, 0.1) is 0 Å². The Bertz CT molecular complexity index is 719. The first-order valence-corrected chi connectivity index (χ1v) is 8.98. The Morgan fingerprint density at radius 1 is 1.24 bits per heavy atom. The van der Waals surface area contributed by atoms with Crippen molar-refractivity contribution in [3.8, 4) is 11.3 Å². The number of halogens is 1. The number of benzene rings is 1. The van der Waals surface area contributed by atoms with E-state index in [-0.39, 0.29) is 12.5 Å². The Morgan fingerprint density at radius 3 is 2.60 bits per heavy atom. The van der Waals surface area contributed by atoms with E-state index in [1.807, 2.05) is 35.2 Å². The van der Waals surface area contributed by atoms with Crippen LogP contribution in [0.1, 0.15) is 38.9 Å². The van der Waals surface area contributed by atoms with Crippen LogP contribution in [0.3, 0.4) is 0 Å². The molecule has 3 rings (SSSR count). The third kappa shape index (κ3) is 4.41. The number of carbonyl (C=O) groups is 1. The van der Waals surface area contributed by atoms with Crippen LogP contribution in [0.4, 0.5) is 0 Å². The molecule has 0 unspecified atom stereocenters. The minimum Gasteiger partial charge on any atom is -0.358 e. The maximum Gasteiger partial charge on any atom is 0.254 e. The van der Waals surface area contributed by atoms with Gasteiger partial charge < -0.3 is 14.2 Å². The number of rotatable bonds is 5. The number of ether oxygens (including phenoxy) is 1. The van der Waals surface area contributed by atoms with Gasteiger partial charge in [-0.15, -0.1) is 0 Å². The van der Waals surface area contributed by atoms with E-state index >= 15 is 0 Å². The number of carbonyl (C=O) groups excluding carboxylic acids is 1. The number of nitrogens with zero attached hydrogens (tertiary/aromatic N) is 2. The van der Waals surface area contributed by atoms with Crippen LogP contribution >= 0.6 is 11.6 Å². The van der Waals surface area contributed by atoms with Gasteiger partial charge in [0.2, 0.25) is 0 Å². The lowest BCUT2D eigenvalue weighted by atomic mass is 10.0. The van der Waals surface area contributed by atoms with E-state index in [2.05, 4.69) is 5.16 Å². The number of likely N-dealkylation sites (tertiary alicyclic amines) is 1. The average molecular weight is 363 g/mol. The Labute approximate surface area is 152 Å².